The predicted octanol–water partition coefficient (Wildman–Crippen LogP) is 3.01. The lowest BCUT2D eigenvalue weighted by molar-refractivity contribution is -0.114. The second-order valence-electron chi connectivity index (χ2n) is 7.27. The fourth-order valence-electron chi connectivity index (χ4n) is 3.56. The van der Waals surface area contributed by atoms with Crippen molar-refractivity contribution in [1.82, 2.24) is 19.7 Å². The van der Waals surface area contributed by atoms with Crippen LogP contribution < -0.4 is 4.90 Å². The van der Waals surface area contributed by atoms with Gasteiger partial charge in [0.2, 0.25) is 0 Å². The third-order valence-corrected chi connectivity index (χ3v) is 5.53. The van der Waals surface area contributed by atoms with Crippen LogP contribution in [0, 0.1) is 0 Å². The van der Waals surface area contributed by atoms with E-state index in [1.165, 1.54) is 6.33 Å². The van der Waals surface area contributed by atoms with Crippen molar-refractivity contribution < 1.29 is 9.59 Å². The van der Waals surface area contributed by atoms with Gasteiger partial charge in [-0.2, -0.15) is 5.10 Å². The zero-order valence-corrected chi connectivity index (χ0v) is 16.7. The number of anilines is 1. The minimum atomic E-state index is -0.464. The van der Waals surface area contributed by atoms with Gasteiger partial charge in [-0.1, -0.05) is 25.1 Å². The number of fused-ring (bicyclic) bond motifs is 1. The first-order valence-electron chi connectivity index (χ1n) is 9.64. The van der Waals surface area contributed by atoms with E-state index < -0.39 is 11.7 Å². The Morgan fingerprint density at radius 2 is 1.86 bits per heavy atom. The van der Waals surface area contributed by atoms with Gasteiger partial charge in [-0.3, -0.25) is 19.4 Å². The molecule has 0 bridgehead atoms. The van der Waals surface area contributed by atoms with Gasteiger partial charge in [0.25, 0.3) is 5.78 Å². The Kier molecular flexibility index (Phi) is 4.98. The number of amides is 1. The van der Waals surface area contributed by atoms with E-state index in [-0.39, 0.29) is 6.04 Å². The van der Waals surface area contributed by atoms with Gasteiger partial charge >= 0.3 is 5.91 Å². The molecule has 148 valence electrons. The van der Waals surface area contributed by atoms with E-state index in [9.17, 15) is 9.59 Å². The van der Waals surface area contributed by atoms with Crippen LogP contribution >= 0.6 is 0 Å². The third-order valence-electron chi connectivity index (χ3n) is 5.53. The molecule has 29 heavy (non-hydrogen) atoms. The molecule has 0 saturated carbocycles. The highest BCUT2D eigenvalue weighted by Gasteiger charge is 2.36. The smallest absolute Gasteiger partial charge is 0.291 e. The van der Waals surface area contributed by atoms with Crippen LogP contribution in [0.15, 0.2) is 55.1 Å². The molecular weight excluding hydrogens is 366 g/mol. The number of hydrogen-bond donors (Lipinski definition) is 0. The molecule has 1 amide bonds. The van der Waals surface area contributed by atoms with E-state index in [1.807, 2.05) is 56.4 Å². The molecule has 2 heterocycles. The van der Waals surface area contributed by atoms with Crippen LogP contribution in [0.25, 0.3) is 5.69 Å². The van der Waals surface area contributed by atoms with Crippen LogP contribution in [0.2, 0.25) is 0 Å². The van der Waals surface area contributed by atoms with Crippen LogP contribution in [0.4, 0.5) is 5.69 Å². The van der Waals surface area contributed by atoms with E-state index in [1.54, 1.807) is 15.9 Å². The first-order chi connectivity index (χ1) is 14.0. The third kappa shape index (κ3) is 3.45. The molecule has 4 rings (SSSR count). The highest BCUT2D eigenvalue weighted by molar-refractivity contribution is 6.52. The number of ketones is 1. The molecule has 0 aliphatic carbocycles. The lowest BCUT2D eigenvalue weighted by Crippen LogP contribution is -2.40. The van der Waals surface area contributed by atoms with Crippen molar-refractivity contribution in [2.24, 2.45) is 0 Å². The molecule has 0 N–H and O–H groups in total. The molecule has 3 aromatic rings. The van der Waals surface area contributed by atoms with Crippen LogP contribution in [0.3, 0.4) is 0 Å². The second kappa shape index (κ2) is 7.60. The normalized spacial score (nSPS) is 14.6. The molecule has 0 saturated heterocycles. The van der Waals surface area contributed by atoms with Crippen molar-refractivity contribution in [3.05, 3.63) is 71.8 Å². The fourth-order valence-corrected chi connectivity index (χ4v) is 3.56. The quantitative estimate of drug-likeness (QED) is 0.606. The SMILES string of the molecule is CCc1ccc2c(c1)C(=O)C(=O)N2CN(C)[C@H](C)c1ccc(-n2cncn2)cc1. The standard InChI is InChI=1S/C22H23N5O2/c1-4-16-5-10-20-19(11-16)21(28)22(29)26(20)14-25(3)15(2)17-6-8-18(9-7-17)27-13-23-12-24-27/h5-13,15H,4,14H2,1-3H3/t15-/m1/s1. The number of Topliss-reactive ketones (excluding diaryl/α,β-unsaturated/α-hetero) is 1. The number of aromatic nitrogens is 3. The molecule has 0 unspecified atom stereocenters. The van der Waals surface area contributed by atoms with E-state index >= 15 is 0 Å². The van der Waals surface area contributed by atoms with Crippen molar-refractivity contribution >= 4 is 17.4 Å². The summed E-state index contributed by atoms with van der Waals surface area (Å²) >= 11 is 0. The average molecular weight is 389 g/mol. The van der Waals surface area contributed by atoms with E-state index in [0.717, 1.165) is 23.2 Å². The molecule has 7 nitrogen and oxygen atoms in total. The molecule has 7 heteroatoms. The number of carbonyl (C=O) groups excluding carboxylic acids is 2. The van der Waals surface area contributed by atoms with Gasteiger partial charge < -0.3 is 0 Å². The average Bonchev–Trinajstić information content (AvgIpc) is 3.37. The maximum absolute atomic E-state index is 12.6. The second-order valence-corrected chi connectivity index (χ2v) is 7.27. The Bertz CT molecular complexity index is 1040. The Morgan fingerprint density at radius 3 is 2.52 bits per heavy atom. The number of benzene rings is 2. The van der Waals surface area contributed by atoms with Gasteiger partial charge in [0.1, 0.15) is 12.7 Å². The molecule has 0 spiro atoms. The molecule has 1 atom stereocenters. The lowest BCUT2D eigenvalue weighted by atomic mass is 10.1. The molecule has 2 aromatic carbocycles. The highest BCUT2D eigenvalue weighted by Crippen LogP contribution is 2.31. The van der Waals surface area contributed by atoms with Gasteiger partial charge in [0.15, 0.2) is 0 Å². The number of carbonyl (C=O) groups is 2. The maximum Gasteiger partial charge on any atom is 0.300 e. The van der Waals surface area contributed by atoms with Crippen molar-refractivity contribution in [1.29, 1.82) is 0 Å². The van der Waals surface area contributed by atoms with Gasteiger partial charge in [-0.15, -0.1) is 0 Å². The van der Waals surface area contributed by atoms with Gasteiger partial charge in [0.05, 0.1) is 23.6 Å². The summed E-state index contributed by atoms with van der Waals surface area (Å²) in [7, 11) is 1.95. The maximum atomic E-state index is 12.6. The minimum Gasteiger partial charge on any atom is -0.291 e. The summed E-state index contributed by atoms with van der Waals surface area (Å²) in [5, 5.41) is 4.13. The summed E-state index contributed by atoms with van der Waals surface area (Å²) in [6.07, 6.45) is 3.98. The highest BCUT2D eigenvalue weighted by atomic mass is 16.2. The zero-order chi connectivity index (χ0) is 20.5. The Hall–Kier alpha value is -3.32. The molecule has 1 aromatic heterocycles. The molecule has 0 radical (unpaired) electrons. The molecule has 1 aliphatic heterocycles. The van der Waals surface area contributed by atoms with Crippen LogP contribution in [0.1, 0.15) is 41.4 Å². The van der Waals surface area contributed by atoms with Crippen molar-refractivity contribution in [2.45, 2.75) is 26.3 Å². The summed E-state index contributed by atoms with van der Waals surface area (Å²) in [5.74, 6) is -0.887. The Balaban J connectivity index is 1.51. The van der Waals surface area contributed by atoms with Gasteiger partial charge in [-0.25, -0.2) is 9.67 Å². The first kappa shape index (κ1) is 19.0. The summed E-state index contributed by atoms with van der Waals surface area (Å²) in [6.45, 7) is 4.45. The number of aryl methyl sites for hydroxylation is 1. The molecule has 0 fully saturated rings. The van der Waals surface area contributed by atoms with E-state index in [2.05, 4.69) is 21.9 Å². The Morgan fingerprint density at radius 1 is 1.10 bits per heavy atom. The summed E-state index contributed by atoms with van der Waals surface area (Å²) < 4.78 is 1.70. The first-order valence-corrected chi connectivity index (χ1v) is 9.64. The lowest BCUT2D eigenvalue weighted by Gasteiger charge is -2.29. The molecule has 1 aliphatic rings. The van der Waals surface area contributed by atoms with Crippen LogP contribution in [0.5, 0.6) is 0 Å². The number of hydrogen-bond acceptors (Lipinski definition) is 5. The largest absolute Gasteiger partial charge is 0.300 e. The van der Waals surface area contributed by atoms with Crippen molar-refractivity contribution in [3.63, 3.8) is 0 Å². The van der Waals surface area contributed by atoms with Crippen molar-refractivity contribution in [2.75, 3.05) is 18.6 Å². The van der Waals surface area contributed by atoms with Gasteiger partial charge in [-0.05, 0) is 55.8 Å². The topological polar surface area (TPSA) is 71.3 Å². The zero-order valence-electron chi connectivity index (χ0n) is 16.7. The monoisotopic (exact) mass is 389 g/mol. The predicted molar refractivity (Wildman–Crippen MR) is 110 cm³/mol. The van der Waals surface area contributed by atoms with Crippen molar-refractivity contribution in [3.8, 4) is 5.69 Å². The van der Waals surface area contributed by atoms with E-state index in [0.29, 0.717) is 17.9 Å². The van der Waals surface area contributed by atoms with Crippen LogP contribution in [-0.4, -0.2) is 45.1 Å². The van der Waals surface area contributed by atoms with E-state index in [4.69, 9.17) is 0 Å². The summed E-state index contributed by atoms with van der Waals surface area (Å²) in [5.41, 5.74) is 4.30. The summed E-state index contributed by atoms with van der Waals surface area (Å²) in [4.78, 5) is 32.6. The van der Waals surface area contributed by atoms with Crippen LogP contribution in [-0.2, 0) is 11.2 Å². The minimum absolute atomic E-state index is 0.0571. The number of rotatable bonds is 6. The molecular formula is C22H23N5O2. The number of nitrogens with zero attached hydrogens (tertiary/aromatic N) is 5. The Labute approximate surface area is 169 Å². The summed E-state index contributed by atoms with van der Waals surface area (Å²) in [6, 6.07) is 13.8. The van der Waals surface area contributed by atoms with Gasteiger partial charge in [0, 0.05) is 6.04 Å². The fraction of sp³-hybridized carbons (Fsp3) is 0.273.